The van der Waals surface area contributed by atoms with Crippen molar-refractivity contribution in [2.24, 2.45) is 0 Å². The SMILES string of the molecule is Cc1cc(-c2csc(C)n2)on1. The van der Waals surface area contributed by atoms with Crippen LogP contribution in [-0.2, 0) is 0 Å². The Hall–Kier alpha value is -1.16. The number of thiazole rings is 1. The van der Waals surface area contributed by atoms with E-state index in [4.69, 9.17) is 4.52 Å². The number of hydrogen-bond acceptors (Lipinski definition) is 4. The minimum absolute atomic E-state index is 0.747. The third-order valence-electron chi connectivity index (χ3n) is 1.50. The molecule has 62 valence electrons. The van der Waals surface area contributed by atoms with Crippen LogP contribution in [0.5, 0.6) is 0 Å². The van der Waals surface area contributed by atoms with E-state index in [-0.39, 0.29) is 0 Å². The predicted molar refractivity (Wildman–Crippen MR) is 47.1 cm³/mol. The number of aromatic nitrogens is 2. The second-order valence-corrected chi connectivity index (χ2v) is 3.65. The Labute approximate surface area is 74.0 Å². The fourth-order valence-electron chi connectivity index (χ4n) is 0.961. The Morgan fingerprint density at radius 1 is 1.42 bits per heavy atom. The van der Waals surface area contributed by atoms with Gasteiger partial charge in [-0.1, -0.05) is 5.16 Å². The summed E-state index contributed by atoms with van der Waals surface area (Å²) in [4.78, 5) is 4.28. The average molecular weight is 180 g/mol. The van der Waals surface area contributed by atoms with Crippen LogP contribution in [0.15, 0.2) is 16.0 Å². The fourth-order valence-corrected chi connectivity index (χ4v) is 1.56. The minimum atomic E-state index is 0.747. The van der Waals surface area contributed by atoms with Gasteiger partial charge in [0.05, 0.1) is 10.7 Å². The maximum absolute atomic E-state index is 5.06. The van der Waals surface area contributed by atoms with Crippen molar-refractivity contribution in [3.05, 3.63) is 22.1 Å². The molecular weight excluding hydrogens is 172 g/mol. The van der Waals surface area contributed by atoms with Crippen LogP contribution >= 0.6 is 11.3 Å². The van der Waals surface area contributed by atoms with Crippen LogP contribution in [0.3, 0.4) is 0 Å². The van der Waals surface area contributed by atoms with Gasteiger partial charge in [0.1, 0.15) is 5.69 Å². The van der Waals surface area contributed by atoms with Gasteiger partial charge in [-0.15, -0.1) is 11.3 Å². The minimum Gasteiger partial charge on any atom is -0.354 e. The van der Waals surface area contributed by atoms with Gasteiger partial charge in [0.2, 0.25) is 0 Å². The zero-order chi connectivity index (χ0) is 8.55. The molecule has 0 aliphatic heterocycles. The van der Waals surface area contributed by atoms with Gasteiger partial charge in [0.15, 0.2) is 5.76 Å². The summed E-state index contributed by atoms with van der Waals surface area (Å²) in [6.07, 6.45) is 0. The molecule has 0 bridgehead atoms. The van der Waals surface area contributed by atoms with Gasteiger partial charge >= 0.3 is 0 Å². The molecule has 0 fully saturated rings. The normalized spacial score (nSPS) is 10.5. The highest BCUT2D eigenvalue weighted by atomic mass is 32.1. The van der Waals surface area contributed by atoms with Crippen molar-refractivity contribution in [1.29, 1.82) is 0 Å². The summed E-state index contributed by atoms with van der Waals surface area (Å²) >= 11 is 1.61. The van der Waals surface area contributed by atoms with Crippen molar-refractivity contribution in [2.75, 3.05) is 0 Å². The lowest BCUT2D eigenvalue weighted by Crippen LogP contribution is -1.72. The van der Waals surface area contributed by atoms with E-state index in [1.54, 1.807) is 11.3 Å². The summed E-state index contributed by atoms with van der Waals surface area (Å²) in [5.41, 5.74) is 1.76. The van der Waals surface area contributed by atoms with Crippen molar-refractivity contribution >= 4 is 11.3 Å². The van der Waals surface area contributed by atoms with Crippen LogP contribution in [0.25, 0.3) is 11.5 Å². The Morgan fingerprint density at radius 3 is 2.75 bits per heavy atom. The van der Waals surface area contributed by atoms with Crippen molar-refractivity contribution in [2.45, 2.75) is 13.8 Å². The monoisotopic (exact) mass is 180 g/mol. The molecule has 0 unspecified atom stereocenters. The number of nitrogens with zero attached hydrogens (tertiary/aromatic N) is 2. The lowest BCUT2D eigenvalue weighted by Gasteiger charge is -1.82. The zero-order valence-corrected chi connectivity index (χ0v) is 7.68. The molecule has 0 radical (unpaired) electrons. The highest BCUT2D eigenvalue weighted by Crippen LogP contribution is 2.21. The molecule has 2 aromatic heterocycles. The van der Waals surface area contributed by atoms with E-state index >= 15 is 0 Å². The lowest BCUT2D eigenvalue weighted by molar-refractivity contribution is 0.426. The summed E-state index contributed by atoms with van der Waals surface area (Å²) in [5.74, 6) is 0.747. The van der Waals surface area contributed by atoms with E-state index in [9.17, 15) is 0 Å². The molecular formula is C8H8N2OS. The van der Waals surface area contributed by atoms with Crippen molar-refractivity contribution in [3.8, 4) is 11.5 Å². The van der Waals surface area contributed by atoms with E-state index in [0.29, 0.717) is 0 Å². The quantitative estimate of drug-likeness (QED) is 0.676. The molecule has 4 heteroatoms. The van der Waals surface area contributed by atoms with Crippen molar-refractivity contribution in [3.63, 3.8) is 0 Å². The summed E-state index contributed by atoms with van der Waals surface area (Å²) in [7, 11) is 0. The summed E-state index contributed by atoms with van der Waals surface area (Å²) in [5, 5.41) is 6.80. The van der Waals surface area contributed by atoms with Gasteiger partial charge in [-0.2, -0.15) is 0 Å². The van der Waals surface area contributed by atoms with Gasteiger partial charge in [-0.3, -0.25) is 0 Å². The van der Waals surface area contributed by atoms with E-state index < -0.39 is 0 Å². The largest absolute Gasteiger partial charge is 0.354 e. The van der Waals surface area contributed by atoms with Crippen molar-refractivity contribution < 1.29 is 4.52 Å². The first-order chi connectivity index (χ1) is 5.75. The topological polar surface area (TPSA) is 38.9 Å². The van der Waals surface area contributed by atoms with Gasteiger partial charge in [-0.25, -0.2) is 4.98 Å². The first-order valence-corrected chi connectivity index (χ1v) is 4.49. The Bertz CT molecular complexity index is 353. The van der Waals surface area contributed by atoms with Crippen molar-refractivity contribution in [1.82, 2.24) is 10.1 Å². The van der Waals surface area contributed by atoms with E-state index in [1.165, 1.54) is 0 Å². The maximum Gasteiger partial charge on any atom is 0.186 e. The van der Waals surface area contributed by atoms with E-state index in [1.807, 2.05) is 25.3 Å². The average Bonchev–Trinajstić information content (AvgIpc) is 2.58. The second kappa shape index (κ2) is 2.71. The Morgan fingerprint density at radius 2 is 2.25 bits per heavy atom. The van der Waals surface area contributed by atoms with E-state index in [0.717, 1.165) is 22.2 Å². The van der Waals surface area contributed by atoms with E-state index in [2.05, 4.69) is 10.1 Å². The van der Waals surface area contributed by atoms with Crippen LogP contribution in [0.1, 0.15) is 10.7 Å². The van der Waals surface area contributed by atoms with Gasteiger partial charge < -0.3 is 4.52 Å². The molecule has 0 aliphatic rings. The molecule has 2 heterocycles. The zero-order valence-electron chi connectivity index (χ0n) is 6.87. The lowest BCUT2D eigenvalue weighted by atomic mass is 10.3. The molecule has 0 N–H and O–H groups in total. The molecule has 0 amide bonds. The van der Waals surface area contributed by atoms with Crippen LogP contribution < -0.4 is 0 Å². The number of hydrogen-bond donors (Lipinski definition) is 0. The van der Waals surface area contributed by atoms with Crippen LogP contribution in [0, 0.1) is 13.8 Å². The third-order valence-corrected chi connectivity index (χ3v) is 2.27. The van der Waals surface area contributed by atoms with Gasteiger partial charge in [0, 0.05) is 11.4 Å². The number of aryl methyl sites for hydroxylation is 2. The van der Waals surface area contributed by atoms with Gasteiger partial charge in [-0.05, 0) is 13.8 Å². The van der Waals surface area contributed by atoms with Crippen LogP contribution in [0.4, 0.5) is 0 Å². The Kier molecular flexibility index (Phi) is 1.69. The molecule has 0 saturated carbocycles. The van der Waals surface area contributed by atoms with Crippen LogP contribution in [-0.4, -0.2) is 10.1 Å². The molecule has 0 saturated heterocycles. The third kappa shape index (κ3) is 1.25. The molecule has 2 rings (SSSR count). The highest BCUT2D eigenvalue weighted by molar-refractivity contribution is 7.09. The fraction of sp³-hybridized carbons (Fsp3) is 0.250. The highest BCUT2D eigenvalue weighted by Gasteiger charge is 2.06. The summed E-state index contributed by atoms with van der Waals surface area (Å²) in [6, 6.07) is 1.88. The number of rotatable bonds is 1. The van der Waals surface area contributed by atoms with Gasteiger partial charge in [0.25, 0.3) is 0 Å². The van der Waals surface area contributed by atoms with Crippen LogP contribution in [0.2, 0.25) is 0 Å². The molecule has 0 spiro atoms. The molecule has 0 aromatic carbocycles. The first-order valence-electron chi connectivity index (χ1n) is 3.61. The summed E-state index contributed by atoms with van der Waals surface area (Å²) < 4.78 is 5.06. The standard InChI is InChI=1S/C8H8N2OS/c1-5-3-8(11-10-5)7-4-12-6(2)9-7/h3-4H,1-2H3. The summed E-state index contributed by atoms with van der Waals surface area (Å²) in [6.45, 7) is 3.86. The predicted octanol–water partition coefficient (Wildman–Crippen LogP) is 2.41. The molecule has 0 aliphatic carbocycles. The Balaban J connectivity index is 2.43. The molecule has 2 aromatic rings. The first kappa shape index (κ1) is 7.49. The molecule has 12 heavy (non-hydrogen) atoms. The second-order valence-electron chi connectivity index (χ2n) is 2.58. The molecule has 0 atom stereocenters. The maximum atomic E-state index is 5.06. The smallest absolute Gasteiger partial charge is 0.186 e. The molecule has 3 nitrogen and oxygen atoms in total.